The van der Waals surface area contributed by atoms with Gasteiger partial charge in [0.15, 0.2) is 4.67 Å². The third-order valence-corrected chi connectivity index (χ3v) is 4.56. The van der Waals surface area contributed by atoms with Crippen LogP contribution in [0.3, 0.4) is 0 Å². The van der Waals surface area contributed by atoms with Crippen LogP contribution in [0.4, 0.5) is 5.69 Å². The van der Waals surface area contributed by atoms with E-state index in [0.29, 0.717) is 20.4 Å². The van der Waals surface area contributed by atoms with Crippen LogP contribution in [0.5, 0.6) is 0 Å². The summed E-state index contributed by atoms with van der Waals surface area (Å²) in [6.07, 6.45) is 1.37. The minimum absolute atomic E-state index is 0.0492. The van der Waals surface area contributed by atoms with E-state index >= 15 is 0 Å². The normalized spacial score (nSPS) is 11.3. The predicted molar refractivity (Wildman–Crippen MR) is 79.9 cm³/mol. The van der Waals surface area contributed by atoms with E-state index in [4.69, 9.17) is 9.56 Å². The van der Waals surface area contributed by atoms with Crippen LogP contribution in [0.25, 0.3) is 0 Å². The first-order valence-electron chi connectivity index (χ1n) is 5.16. The smallest absolute Gasteiger partial charge is 0.260 e. The highest BCUT2D eigenvalue weighted by molar-refractivity contribution is 9.10. The summed E-state index contributed by atoms with van der Waals surface area (Å²) in [7, 11) is -3.79. The Bertz CT molecular complexity index is 770. The molecular weight excluding hydrogens is 416 g/mol. The second kappa shape index (κ2) is 5.68. The molecule has 0 aliphatic rings. The fraction of sp³-hybridized carbons (Fsp3) is 0. The summed E-state index contributed by atoms with van der Waals surface area (Å²) < 4.78 is 28.1. The van der Waals surface area contributed by atoms with Crippen molar-refractivity contribution in [3.05, 3.63) is 45.2 Å². The quantitative estimate of drug-likeness (QED) is 0.791. The Labute approximate surface area is 131 Å². The number of hydrogen-bond acceptors (Lipinski definition) is 4. The average Bonchev–Trinajstić information content (AvgIpc) is 2.76. The number of nitrogens with two attached hydrogens (primary N) is 1. The first kappa shape index (κ1) is 15.2. The summed E-state index contributed by atoms with van der Waals surface area (Å²) in [5.41, 5.74) is 0.739. The molecule has 106 valence electrons. The molecule has 1 heterocycles. The standard InChI is InChI=1S/C11H8Br2N2O4S/c12-8-5-6(20(14,17)18)1-2-9(8)15-11(16)7-3-4-19-10(7)13/h1-5H,(H,15,16)(H2,14,17,18). The second-order valence-electron chi connectivity index (χ2n) is 3.75. The first-order valence-corrected chi connectivity index (χ1v) is 8.29. The molecule has 0 atom stereocenters. The van der Waals surface area contributed by atoms with Gasteiger partial charge in [0.05, 0.1) is 22.4 Å². The lowest BCUT2D eigenvalue weighted by Gasteiger charge is -2.08. The van der Waals surface area contributed by atoms with Crippen molar-refractivity contribution >= 4 is 53.5 Å². The number of halogens is 2. The Morgan fingerprint density at radius 2 is 1.95 bits per heavy atom. The van der Waals surface area contributed by atoms with E-state index in [1.165, 1.54) is 30.5 Å². The van der Waals surface area contributed by atoms with Crippen LogP contribution < -0.4 is 10.5 Å². The van der Waals surface area contributed by atoms with Gasteiger partial charge in [-0.05, 0) is 56.1 Å². The molecule has 2 aromatic rings. The topological polar surface area (TPSA) is 102 Å². The summed E-state index contributed by atoms with van der Waals surface area (Å²) in [5, 5.41) is 7.64. The Kier molecular flexibility index (Phi) is 4.33. The highest BCUT2D eigenvalue weighted by Crippen LogP contribution is 2.27. The lowest BCUT2D eigenvalue weighted by atomic mass is 10.3. The molecule has 3 N–H and O–H groups in total. The highest BCUT2D eigenvalue weighted by Gasteiger charge is 2.15. The maximum atomic E-state index is 12.0. The third kappa shape index (κ3) is 3.29. The summed E-state index contributed by atoms with van der Waals surface area (Å²) in [5.74, 6) is -0.394. The Hall–Kier alpha value is -1.16. The van der Waals surface area contributed by atoms with E-state index in [1.54, 1.807) is 0 Å². The zero-order chi connectivity index (χ0) is 14.9. The Balaban J connectivity index is 2.27. The van der Waals surface area contributed by atoms with Crippen LogP contribution in [0.1, 0.15) is 10.4 Å². The van der Waals surface area contributed by atoms with Gasteiger partial charge in [0.2, 0.25) is 10.0 Å². The molecule has 2 rings (SSSR count). The van der Waals surface area contributed by atoms with Crippen LogP contribution in [-0.2, 0) is 10.0 Å². The molecule has 1 amide bonds. The van der Waals surface area contributed by atoms with Crippen molar-refractivity contribution in [3.8, 4) is 0 Å². The molecule has 1 aromatic carbocycles. The number of nitrogens with one attached hydrogen (secondary N) is 1. The van der Waals surface area contributed by atoms with Crippen LogP contribution in [0.2, 0.25) is 0 Å². The zero-order valence-electron chi connectivity index (χ0n) is 9.76. The summed E-state index contributed by atoms with van der Waals surface area (Å²) in [4.78, 5) is 11.9. The molecule has 0 aliphatic carbocycles. The number of benzene rings is 1. The van der Waals surface area contributed by atoms with Crippen molar-refractivity contribution in [1.29, 1.82) is 0 Å². The van der Waals surface area contributed by atoms with E-state index in [2.05, 4.69) is 37.2 Å². The van der Waals surface area contributed by atoms with Gasteiger partial charge in [0, 0.05) is 4.47 Å². The van der Waals surface area contributed by atoms with Crippen molar-refractivity contribution in [2.45, 2.75) is 4.90 Å². The maximum Gasteiger partial charge on any atom is 0.260 e. The monoisotopic (exact) mass is 422 g/mol. The van der Waals surface area contributed by atoms with Crippen LogP contribution >= 0.6 is 31.9 Å². The molecule has 0 spiro atoms. The van der Waals surface area contributed by atoms with Gasteiger partial charge in [-0.3, -0.25) is 4.79 Å². The van der Waals surface area contributed by atoms with Crippen molar-refractivity contribution < 1.29 is 17.6 Å². The van der Waals surface area contributed by atoms with Gasteiger partial charge < -0.3 is 9.73 Å². The maximum absolute atomic E-state index is 12.0. The van der Waals surface area contributed by atoms with E-state index in [1.807, 2.05) is 0 Å². The fourth-order valence-corrected chi connectivity index (χ4v) is 3.01. The van der Waals surface area contributed by atoms with Crippen molar-refractivity contribution in [1.82, 2.24) is 0 Å². The number of carbonyl (C=O) groups excluding carboxylic acids is 1. The van der Waals surface area contributed by atoms with Gasteiger partial charge in [0.25, 0.3) is 5.91 Å². The van der Waals surface area contributed by atoms with Crippen molar-refractivity contribution in [2.24, 2.45) is 5.14 Å². The molecule has 1 aromatic heterocycles. The minimum Gasteiger partial charge on any atom is -0.457 e. The Morgan fingerprint density at radius 3 is 2.45 bits per heavy atom. The van der Waals surface area contributed by atoms with Gasteiger partial charge in [-0.1, -0.05) is 0 Å². The lowest BCUT2D eigenvalue weighted by Crippen LogP contribution is -2.14. The molecule has 6 nitrogen and oxygen atoms in total. The lowest BCUT2D eigenvalue weighted by molar-refractivity contribution is 0.102. The molecule has 0 saturated carbocycles. The predicted octanol–water partition coefficient (Wildman–Crippen LogP) is 2.70. The molecule has 9 heteroatoms. The molecular formula is C11H8Br2N2O4S. The Morgan fingerprint density at radius 1 is 1.25 bits per heavy atom. The SMILES string of the molecule is NS(=O)(=O)c1ccc(NC(=O)c2ccoc2Br)c(Br)c1. The van der Waals surface area contributed by atoms with E-state index in [0.717, 1.165) is 0 Å². The molecule has 0 saturated heterocycles. The first-order chi connectivity index (χ1) is 9.29. The molecule has 0 fully saturated rings. The van der Waals surface area contributed by atoms with E-state index in [-0.39, 0.29) is 4.90 Å². The number of amides is 1. The molecule has 20 heavy (non-hydrogen) atoms. The van der Waals surface area contributed by atoms with E-state index < -0.39 is 15.9 Å². The molecule has 0 bridgehead atoms. The molecule has 0 aliphatic heterocycles. The largest absolute Gasteiger partial charge is 0.457 e. The average molecular weight is 424 g/mol. The van der Waals surface area contributed by atoms with Crippen LogP contribution in [0, 0.1) is 0 Å². The van der Waals surface area contributed by atoms with Crippen LogP contribution in [0.15, 0.2) is 49.0 Å². The van der Waals surface area contributed by atoms with Gasteiger partial charge in [-0.15, -0.1) is 0 Å². The number of rotatable bonds is 3. The van der Waals surface area contributed by atoms with Crippen LogP contribution in [-0.4, -0.2) is 14.3 Å². The van der Waals surface area contributed by atoms with Crippen molar-refractivity contribution in [2.75, 3.05) is 5.32 Å². The summed E-state index contributed by atoms with van der Waals surface area (Å²) >= 11 is 6.28. The summed E-state index contributed by atoms with van der Waals surface area (Å²) in [6.45, 7) is 0. The third-order valence-electron chi connectivity index (χ3n) is 2.38. The van der Waals surface area contributed by atoms with Gasteiger partial charge in [-0.2, -0.15) is 0 Å². The number of anilines is 1. The second-order valence-corrected chi connectivity index (χ2v) is 6.88. The number of furan rings is 1. The summed E-state index contributed by atoms with van der Waals surface area (Å²) in [6, 6.07) is 5.57. The van der Waals surface area contributed by atoms with Gasteiger partial charge in [-0.25, -0.2) is 13.6 Å². The van der Waals surface area contributed by atoms with Gasteiger partial charge in [0.1, 0.15) is 0 Å². The highest BCUT2D eigenvalue weighted by atomic mass is 79.9. The number of hydrogen-bond donors (Lipinski definition) is 2. The number of sulfonamides is 1. The number of primary sulfonamides is 1. The fourth-order valence-electron chi connectivity index (χ4n) is 1.42. The molecule has 0 unspecified atom stereocenters. The van der Waals surface area contributed by atoms with E-state index in [9.17, 15) is 13.2 Å². The number of carbonyl (C=O) groups is 1. The molecule has 0 radical (unpaired) electrons. The van der Waals surface area contributed by atoms with Crippen molar-refractivity contribution in [3.63, 3.8) is 0 Å². The minimum atomic E-state index is -3.79. The van der Waals surface area contributed by atoms with Gasteiger partial charge >= 0.3 is 0 Å². The zero-order valence-corrected chi connectivity index (χ0v) is 13.7.